The summed E-state index contributed by atoms with van der Waals surface area (Å²) in [6.07, 6.45) is 0.840. The van der Waals surface area contributed by atoms with E-state index >= 15 is 0 Å². The van der Waals surface area contributed by atoms with Crippen LogP contribution < -0.4 is 5.73 Å². The minimum absolute atomic E-state index is 0.127. The maximum absolute atomic E-state index is 5.97. The Hall–Kier alpha value is -1.37. The third-order valence-corrected chi connectivity index (χ3v) is 5.57. The first-order valence-corrected chi connectivity index (χ1v) is 8.49. The topological polar surface area (TPSA) is 56.7 Å². The van der Waals surface area contributed by atoms with Gasteiger partial charge in [-0.1, -0.05) is 12.1 Å². The van der Waals surface area contributed by atoms with Crippen LogP contribution in [0.2, 0.25) is 0 Å². The summed E-state index contributed by atoms with van der Waals surface area (Å²) in [7, 11) is 1.98. The van der Waals surface area contributed by atoms with E-state index in [0.29, 0.717) is 0 Å². The summed E-state index contributed by atoms with van der Waals surface area (Å²) < 4.78 is 4.20. The second-order valence-corrected chi connectivity index (χ2v) is 7.49. The highest BCUT2D eigenvalue weighted by Gasteiger charge is 2.17. The summed E-state index contributed by atoms with van der Waals surface area (Å²) in [6, 6.07) is 8.35. The van der Waals surface area contributed by atoms with Gasteiger partial charge in [-0.3, -0.25) is 4.68 Å². The SMILES string of the molecule is Cc1nn(C)c(Sc2nc3ccccc3s2)c1CC(C)N. The maximum atomic E-state index is 5.97. The fourth-order valence-corrected chi connectivity index (χ4v) is 4.55. The quantitative estimate of drug-likeness (QED) is 0.801. The van der Waals surface area contributed by atoms with Crippen molar-refractivity contribution >= 4 is 33.3 Å². The molecular weight excluding hydrogens is 300 g/mol. The highest BCUT2D eigenvalue weighted by molar-refractivity contribution is 8.01. The molecule has 2 N–H and O–H groups in total. The second-order valence-electron chi connectivity index (χ2n) is 5.22. The molecule has 1 unspecified atom stereocenters. The summed E-state index contributed by atoms with van der Waals surface area (Å²) >= 11 is 3.40. The molecule has 0 spiro atoms. The molecule has 0 saturated carbocycles. The molecule has 21 heavy (non-hydrogen) atoms. The third-order valence-electron chi connectivity index (χ3n) is 3.27. The number of hydrogen-bond donors (Lipinski definition) is 1. The van der Waals surface area contributed by atoms with E-state index in [1.807, 2.05) is 43.8 Å². The van der Waals surface area contributed by atoms with E-state index in [1.54, 1.807) is 23.1 Å². The van der Waals surface area contributed by atoms with Crippen molar-refractivity contribution in [2.24, 2.45) is 12.8 Å². The van der Waals surface area contributed by atoms with Crippen LogP contribution in [0.3, 0.4) is 0 Å². The minimum atomic E-state index is 0.127. The fraction of sp³-hybridized carbons (Fsp3) is 0.333. The summed E-state index contributed by atoms with van der Waals surface area (Å²) in [5.41, 5.74) is 9.31. The van der Waals surface area contributed by atoms with E-state index < -0.39 is 0 Å². The third kappa shape index (κ3) is 2.97. The Balaban J connectivity index is 1.97. The molecule has 4 nitrogen and oxygen atoms in total. The smallest absolute Gasteiger partial charge is 0.157 e. The first kappa shape index (κ1) is 14.6. The normalized spacial score (nSPS) is 13.0. The lowest BCUT2D eigenvalue weighted by Gasteiger charge is -2.07. The number of aryl methyl sites for hydroxylation is 2. The summed E-state index contributed by atoms with van der Waals surface area (Å²) in [6.45, 7) is 4.07. The van der Waals surface area contributed by atoms with Gasteiger partial charge >= 0.3 is 0 Å². The van der Waals surface area contributed by atoms with Crippen molar-refractivity contribution < 1.29 is 0 Å². The van der Waals surface area contributed by atoms with Crippen molar-refractivity contribution in [1.82, 2.24) is 14.8 Å². The van der Waals surface area contributed by atoms with E-state index in [-0.39, 0.29) is 6.04 Å². The molecule has 6 heteroatoms. The zero-order valence-electron chi connectivity index (χ0n) is 12.3. The van der Waals surface area contributed by atoms with Crippen molar-refractivity contribution in [3.63, 3.8) is 0 Å². The first-order valence-electron chi connectivity index (χ1n) is 6.86. The maximum Gasteiger partial charge on any atom is 0.157 e. The van der Waals surface area contributed by atoms with Gasteiger partial charge in [0, 0.05) is 18.7 Å². The van der Waals surface area contributed by atoms with Gasteiger partial charge in [-0.15, -0.1) is 11.3 Å². The molecule has 0 fully saturated rings. The highest BCUT2D eigenvalue weighted by Crippen LogP contribution is 2.36. The second kappa shape index (κ2) is 5.79. The predicted octanol–water partition coefficient (Wildman–Crippen LogP) is 3.38. The highest BCUT2D eigenvalue weighted by atomic mass is 32.2. The number of thiazole rings is 1. The molecule has 0 amide bonds. The molecule has 0 radical (unpaired) electrons. The van der Waals surface area contributed by atoms with Gasteiger partial charge in [-0.25, -0.2) is 4.98 Å². The lowest BCUT2D eigenvalue weighted by Crippen LogP contribution is -2.18. The number of hydrogen-bond acceptors (Lipinski definition) is 5. The van der Waals surface area contributed by atoms with Gasteiger partial charge in [-0.05, 0) is 44.2 Å². The molecule has 0 aliphatic heterocycles. The van der Waals surface area contributed by atoms with Gasteiger partial charge in [0.2, 0.25) is 0 Å². The molecule has 1 atom stereocenters. The van der Waals surface area contributed by atoms with E-state index in [1.165, 1.54) is 10.3 Å². The number of aromatic nitrogens is 3. The van der Waals surface area contributed by atoms with Gasteiger partial charge in [0.05, 0.1) is 15.9 Å². The molecule has 110 valence electrons. The summed E-state index contributed by atoms with van der Waals surface area (Å²) in [5, 5.41) is 5.67. The Morgan fingerprint density at radius 3 is 2.86 bits per heavy atom. The van der Waals surface area contributed by atoms with Crippen LogP contribution in [0, 0.1) is 6.92 Å². The van der Waals surface area contributed by atoms with Crippen LogP contribution in [0.25, 0.3) is 10.2 Å². The number of benzene rings is 1. The number of nitrogens with two attached hydrogens (primary N) is 1. The van der Waals surface area contributed by atoms with Crippen LogP contribution in [0.5, 0.6) is 0 Å². The van der Waals surface area contributed by atoms with Crippen molar-refractivity contribution in [3.8, 4) is 0 Å². The van der Waals surface area contributed by atoms with Gasteiger partial charge < -0.3 is 5.73 Å². The number of rotatable bonds is 4. The van der Waals surface area contributed by atoms with Crippen LogP contribution in [0.1, 0.15) is 18.2 Å². The van der Waals surface area contributed by atoms with E-state index in [2.05, 4.69) is 16.1 Å². The van der Waals surface area contributed by atoms with Crippen LogP contribution in [-0.2, 0) is 13.5 Å². The van der Waals surface area contributed by atoms with E-state index in [0.717, 1.165) is 27.0 Å². The van der Waals surface area contributed by atoms with Crippen LogP contribution >= 0.6 is 23.1 Å². The first-order chi connectivity index (χ1) is 10.0. The number of nitrogens with zero attached hydrogens (tertiary/aromatic N) is 3. The van der Waals surface area contributed by atoms with Gasteiger partial charge in [0.15, 0.2) is 4.34 Å². The largest absolute Gasteiger partial charge is 0.328 e. The molecule has 2 aromatic heterocycles. The predicted molar refractivity (Wildman–Crippen MR) is 89.0 cm³/mol. The molecular formula is C15H18N4S2. The Morgan fingerprint density at radius 1 is 1.38 bits per heavy atom. The van der Waals surface area contributed by atoms with Gasteiger partial charge in [0.1, 0.15) is 5.03 Å². The molecule has 0 saturated heterocycles. The fourth-order valence-electron chi connectivity index (χ4n) is 2.34. The Kier molecular flexibility index (Phi) is 4.01. The zero-order valence-corrected chi connectivity index (χ0v) is 14.0. The minimum Gasteiger partial charge on any atom is -0.328 e. The Labute approximate surface area is 132 Å². The van der Waals surface area contributed by atoms with Gasteiger partial charge in [0.25, 0.3) is 0 Å². The molecule has 0 aliphatic carbocycles. The van der Waals surface area contributed by atoms with Crippen LogP contribution in [-0.4, -0.2) is 20.8 Å². The van der Waals surface area contributed by atoms with Crippen LogP contribution in [0.15, 0.2) is 33.6 Å². The Morgan fingerprint density at radius 2 is 2.14 bits per heavy atom. The average molecular weight is 318 g/mol. The molecule has 2 heterocycles. The average Bonchev–Trinajstić information content (AvgIpc) is 2.94. The number of para-hydroxylation sites is 1. The Bertz CT molecular complexity index is 740. The zero-order chi connectivity index (χ0) is 15.0. The van der Waals surface area contributed by atoms with E-state index in [4.69, 9.17) is 5.73 Å². The van der Waals surface area contributed by atoms with Gasteiger partial charge in [-0.2, -0.15) is 5.10 Å². The molecule has 1 aromatic carbocycles. The molecule has 3 rings (SSSR count). The number of fused-ring (bicyclic) bond motifs is 1. The lowest BCUT2D eigenvalue weighted by molar-refractivity contribution is 0.677. The van der Waals surface area contributed by atoms with Crippen molar-refractivity contribution in [3.05, 3.63) is 35.5 Å². The van der Waals surface area contributed by atoms with Crippen molar-refractivity contribution in [2.45, 2.75) is 35.7 Å². The molecule has 3 aromatic rings. The summed E-state index contributed by atoms with van der Waals surface area (Å²) in [4.78, 5) is 4.69. The lowest BCUT2D eigenvalue weighted by atomic mass is 10.1. The monoisotopic (exact) mass is 318 g/mol. The van der Waals surface area contributed by atoms with Crippen molar-refractivity contribution in [2.75, 3.05) is 0 Å². The van der Waals surface area contributed by atoms with Crippen LogP contribution in [0.4, 0.5) is 0 Å². The molecule has 0 aliphatic rings. The van der Waals surface area contributed by atoms with E-state index in [9.17, 15) is 0 Å². The standard InChI is InChI=1S/C15H18N4S2/c1-9(16)8-11-10(2)18-19(3)14(11)21-15-17-12-6-4-5-7-13(12)20-15/h4-7,9H,8,16H2,1-3H3. The summed E-state index contributed by atoms with van der Waals surface area (Å²) in [5.74, 6) is 0. The molecule has 0 bridgehead atoms. The van der Waals surface area contributed by atoms with Crippen molar-refractivity contribution in [1.29, 1.82) is 0 Å².